The lowest BCUT2D eigenvalue weighted by molar-refractivity contribution is 0.385. The van der Waals surface area contributed by atoms with E-state index in [2.05, 4.69) is 20.2 Å². The van der Waals surface area contributed by atoms with Gasteiger partial charge in [-0.2, -0.15) is 23.0 Å². The minimum absolute atomic E-state index is 0.356. The zero-order valence-electron chi connectivity index (χ0n) is 21.5. The molecule has 39 heavy (non-hydrogen) atoms. The van der Waals surface area contributed by atoms with Crippen LogP contribution in [0.4, 0.5) is 17.3 Å². The summed E-state index contributed by atoms with van der Waals surface area (Å²) in [6, 6.07) is 15.7. The monoisotopic (exact) mass is 561 g/mol. The van der Waals surface area contributed by atoms with Gasteiger partial charge in [0.25, 0.3) is 10.2 Å². The molecule has 0 unspecified atom stereocenters. The van der Waals surface area contributed by atoms with Crippen LogP contribution < -0.4 is 20.1 Å². The molecular weight excluding hydrogens is 534 g/mol. The smallest absolute Gasteiger partial charge is 0.277 e. The Labute approximate surface area is 231 Å². The van der Waals surface area contributed by atoms with E-state index < -0.39 is 10.2 Å². The van der Waals surface area contributed by atoms with Gasteiger partial charge in [-0.05, 0) is 84.5 Å². The van der Waals surface area contributed by atoms with Crippen LogP contribution in [0.1, 0.15) is 16.7 Å². The second kappa shape index (κ2) is 11.0. The highest BCUT2D eigenvalue weighted by molar-refractivity contribution is 7.86. The molecule has 1 saturated heterocycles. The highest BCUT2D eigenvalue weighted by Gasteiger charge is 2.24. The number of ether oxygens (including phenoxy) is 1. The molecule has 1 fully saturated rings. The first kappa shape index (κ1) is 26.6. The molecule has 0 saturated carbocycles. The first-order chi connectivity index (χ1) is 18.7. The predicted octanol–water partition coefficient (Wildman–Crippen LogP) is 4.71. The number of nitrogens with two attached hydrogens (primary N) is 1. The van der Waals surface area contributed by atoms with Crippen LogP contribution >= 0.6 is 11.3 Å². The Morgan fingerprint density at radius 1 is 1.08 bits per heavy atom. The number of thiophene rings is 1. The highest BCUT2D eigenvalue weighted by atomic mass is 32.2. The van der Waals surface area contributed by atoms with E-state index in [0.29, 0.717) is 43.8 Å². The lowest BCUT2D eigenvalue weighted by Crippen LogP contribution is -2.50. The third-order valence-electron chi connectivity index (χ3n) is 6.41. The molecule has 1 aliphatic heterocycles. The topological polar surface area (TPSA) is 137 Å². The summed E-state index contributed by atoms with van der Waals surface area (Å²) >= 11 is 1.51. The average Bonchev–Trinajstić information content (AvgIpc) is 3.38. The quantitative estimate of drug-likeness (QED) is 0.310. The van der Waals surface area contributed by atoms with Gasteiger partial charge in [0.15, 0.2) is 0 Å². The molecule has 0 bridgehead atoms. The van der Waals surface area contributed by atoms with Crippen molar-refractivity contribution >= 4 is 55.2 Å². The maximum atomic E-state index is 11.6. The number of benzene rings is 2. The normalized spacial score (nSPS) is 14.6. The summed E-state index contributed by atoms with van der Waals surface area (Å²) in [7, 11) is -3.66. The number of nitriles is 1. The van der Waals surface area contributed by atoms with E-state index in [1.807, 2.05) is 67.8 Å². The third-order valence-corrected chi connectivity index (χ3v) is 8.30. The number of aryl methyl sites for hydroxylation is 2. The fraction of sp³-hybridized carbons (Fsp3) is 0.222. The van der Waals surface area contributed by atoms with E-state index in [9.17, 15) is 8.42 Å². The number of fused-ring (bicyclic) bond motifs is 1. The van der Waals surface area contributed by atoms with Gasteiger partial charge in [-0.3, -0.25) is 0 Å². The predicted molar refractivity (Wildman–Crippen MR) is 155 cm³/mol. The highest BCUT2D eigenvalue weighted by Crippen LogP contribution is 2.35. The summed E-state index contributed by atoms with van der Waals surface area (Å²) in [6.45, 7) is 5.77. The largest absolute Gasteiger partial charge is 0.438 e. The minimum Gasteiger partial charge on any atom is -0.438 e. The van der Waals surface area contributed by atoms with Crippen LogP contribution in [0.3, 0.4) is 0 Å². The molecule has 5 rings (SSSR count). The first-order valence-electron chi connectivity index (χ1n) is 12.2. The van der Waals surface area contributed by atoms with E-state index in [4.69, 9.17) is 15.1 Å². The Kier molecular flexibility index (Phi) is 7.49. The van der Waals surface area contributed by atoms with Crippen LogP contribution in [0.25, 0.3) is 16.3 Å². The van der Waals surface area contributed by atoms with Crippen molar-refractivity contribution < 1.29 is 13.2 Å². The van der Waals surface area contributed by atoms with E-state index in [1.165, 1.54) is 21.7 Å². The molecule has 1 aliphatic rings. The van der Waals surface area contributed by atoms with Crippen LogP contribution in [0, 0.1) is 25.2 Å². The molecule has 200 valence electrons. The summed E-state index contributed by atoms with van der Waals surface area (Å²) in [6.07, 6.45) is 3.22. The fourth-order valence-corrected chi connectivity index (χ4v) is 5.95. The van der Waals surface area contributed by atoms with Gasteiger partial charge in [-0.1, -0.05) is 0 Å². The summed E-state index contributed by atoms with van der Waals surface area (Å²) in [5.74, 6) is 1.59. The van der Waals surface area contributed by atoms with Crippen molar-refractivity contribution in [2.45, 2.75) is 13.8 Å². The second-order valence-corrected chi connectivity index (χ2v) is 11.6. The van der Waals surface area contributed by atoms with Crippen molar-refractivity contribution in [1.82, 2.24) is 14.3 Å². The van der Waals surface area contributed by atoms with E-state index in [1.54, 1.807) is 6.08 Å². The summed E-state index contributed by atoms with van der Waals surface area (Å²) in [4.78, 5) is 12.3. The Hall–Kier alpha value is -4.02. The molecule has 2 aromatic heterocycles. The van der Waals surface area contributed by atoms with Gasteiger partial charge < -0.3 is 15.0 Å². The Morgan fingerprint density at radius 3 is 2.41 bits per heavy atom. The number of nitrogens with one attached hydrogen (secondary N) is 1. The lowest BCUT2D eigenvalue weighted by Gasteiger charge is -2.34. The van der Waals surface area contributed by atoms with Crippen molar-refractivity contribution in [3.8, 4) is 17.7 Å². The Bertz CT molecular complexity index is 1660. The first-order valence-corrected chi connectivity index (χ1v) is 14.6. The minimum atomic E-state index is -3.66. The van der Waals surface area contributed by atoms with E-state index in [-0.39, 0.29) is 0 Å². The van der Waals surface area contributed by atoms with Gasteiger partial charge in [-0.25, -0.2) is 10.1 Å². The molecule has 0 aliphatic carbocycles. The zero-order chi connectivity index (χ0) is 27.6. The molecule has 3 N–H and O–H groups in total. The van der Waals surface area contributed by atoms with Gasteiger partial charge >= 0.3 is 0 Å². The molecule has 0 radical (unpaired) electrons. The molecule has 3 heterocycles. The van der Waals surface area contributed by atoms with Gasteiger partial charge in [-0.15, -0.1) is 11.3 Å². The van der Waals surface area contributed by atoms with E-state index >= 15 is 0 Å². The number of rotatable bonds is 7. The summed E-state index contributed by atoms with van der Waals surface area (Å²) in [5.41, 5.74) is 4.60. The second-order valence-electron chi connectivity index (χ2n) is 9.14. The maximum Gasteiger partial charge on any atom is 0.277 e. The van der Waals surface area contributed by atoms with Crippen molar-refractivity contribution in [2.75, 3.05) is 36.4 Å². The fourth-order valence-electron chi connectivity index (χ4n) is 4.52. The van der Waals surface area contributed by atoms with Crippen molar-refractivity contribution in [2.24, 2.45) is 5.14 Å². The molecule has 4 aromatic rings. The van der Waals surface area contributed by atoms with Gasteiger partial charge in [0.1, 0.15) is 10.6 Å². The number of aromatic nitrogens is 2. The van der Waals surface area contributed by atoms with Crippen molar-refractivity contribution in [1.29, 1.82) is 5.26 Å². The number of hydrogen-bond donors (Lipinski definition) is 2. The van der Waals surface area contributed by atoms with Gasteiger partial charge in [0.2, 0.25) is 11.8 Å². The van der Waals surface area contributed by atoms with Gasteiger partial charge in [0.05, 0.1) is 11.5 Å². The molecule has 0 spiro atoms. The third kappa shape index (κ3) is 6.02. The van der Waals surface area contributed by atoms with Crippen LogP contribution in [0.5, 0.6) is 11.6 Å². The van der Waals surface area contributed by atoms with Gasteiger partial charge in [0, 0.05) is 43.6 Å². The summed E-state index contributed by atoms with van der Waals surface area (Å²) < 4.78 is 30.8. The number of hydrogen-bond acceptors (Lipinski definition) is 9. The van der Waals surface area contributed by atoms with Crippen LogP contribution in [0.2, 0.25) is 0 Å². The number of piperazine rings is 1. The van der Waals surface area contributed by atoms with Crippen molar-refractivity contribution in [3.05, 3.63) is 70.6 Å². The zero-order valence-corrected chi connectivity index (χ0v) is 23.1. The number of allylic oxidation sites excluding steroid dienone is 1. The molecule has 0 amide bonds. The van der Waals surface area contributed by atoms with Crippen LogP contribution in [-0.2, 0) is 10.2 Å². The summed E-state index contributed by atoms with van der Waals surface area (Å²) in [5, 5.41) is 20.1. The van der Waals surface area contributed by atoms with Crippen molar-refractivity contribution in [3.63, 3.8) is 0 Å². The lowest BCUT2D eigenvalue weighted by atomic mass is 10.1. The Morgan fingerprint density at radius 2 is 1.77 bits per heavy atom. The number of nitrogens with zero attached hydrogens (tertiary/aromatic N) is 5. The molecular formula is C27H27N7O3S2. The average molecular weight is 562 g/mol. The molecule has 12 heteroatoms. The molecule has 10 nitrogen and oxygen atoms in total. The number of anilines is 3. The Balaban J connectivity index is 1.34. The van der Waals surface area contributed by atoms with E-state index in [0.717, 1.165) is 38.3 Å². The standard InChI is InChI=1S/C27H27N7O3S2/c1-18-16-20(4-3-10-28)17-19(2)24(18)37-25-23-9-15-38-26(23)32-27(31-25)30-21-5-7-22(8-6-21)33-11-13-34(14-12-33)39(29,35)36/h3-9,15-17H,11-14H2,1-2H3,(H2,29,35,36)(H,30,31,32)/b4-3+. The maximum absolute atomic E-state index is 11.6. The SMILES string of the molecule is Cc1cc(/C=C/C#N)cc(C)c1Oc1nc(Nc2ccc(N3CCN(S(N)(=O)=O)CC3)cc2)nc2sccc12. The molecule has 2 aromatic carbocycles. The van der Waals surface area contributed by atoms with Crippen LogP contribution in [0.15, 0.2) is 53.9 Å². The van der Waals surface area contributed by atoms with Crippen LogP contribution in [-0.4, -0.2) is 48.9 Å². The molecule has 0 atom stereocenters.